The van der Waals surface area contributed by atoms with Gasteiger partial charge in [-0.05, 0) is 45.8 Å². The highest BCUT2D eigenvalue weighted by molar-refractivity contribution is 8.00. The smallest absolute Gasteiger partial charge is 0.00235 e. The normalized spacial score (nSPS) is 9.82. The summed E-state index contributed by atoms with van der Waals surface area (Å²) < 4.78 is 0. The molecule has 0 saturated carbocycles. The highest BCUT2D eigenvalue weighted by Gasteiger charge is 1.92. The predicted octanol–water partition coefficient (Wildman–Crippen LogP) is 4.04. The van der Waals surface area contributed by atoms with Crippen LogP contribution in [-0.4, -0.2) is 5.75 Å². The maximum Gasteiger partial charge on any atom is 0.00235 e. The topological polar surface area (TPSA) is 0 Å². The molecule has 0 aliphatic heterocycles. The van der Waals surface area contributed by atoms with Crippen LogP contribution in [0.15, 0.2) is 11.1 Å². The average molecular weight is 171 g/mol. The lowest BCUT2D eigenvalue weighted by Crippen LogP contribution is -1.83. The first-order chi connectivity index (χ1) is 5.18. The lowest BCUT2D eigenvalue weighted by atomic mass is 10.1. The van der Waals surface area contributed by atoms with Crippen molar-refractivity contribution in [3.05, 3.63) is 17.4 Å². The number of unbranched alkanes of at least 4 members (excludes halogenated alkanes) is 1. The van der Waals surface area contributed by atoms with Crippen LogP contribution in [0.4, 0.5) is 0 Å². The second kappa shape index (κ2) is 6.78. The van der Waals surface area contributed by atoms with Gasteiger partial charge in [0.1, 0.15) is 0 Å². The molecule has 1 heteroatoms. The fourth-order valence-corrected chi connectivity index (χ4v) is 1.25. The molecule has 0 heterocycles. The van der Waals surface area contributed by atoms with Gasteiger partial charge in [-0.15, -0.1) is 0 Å². The SMILES string of the molecule is [CH2]SCCCCC(C)=C(C)C. The van der Waals surface area contributed by atoms with Gasteiger partial charge in [0, 0.05) is 6.26 Å². The summed E-state index contributed by atoms with van der Waals surface area (Å²) >= 11 is 1.70. The van der Waals surface area contributed by atoms with Crippen LogP contribution < -0.4 is 0 Å². The minimum atomic E-state index is 1.20. The Balaban J connectivity index is 3.32. The molecule has 0 unspecified atom stereocenters. The molecular formula is C10H19S. The molecule has 0 saturated heterocycles. The first-order valence-corrected chi connectivity index (χ1v) is 5.34. The van der Waals surface area contributed by atoms with Crippen molar-refractivity contribution < 1.29 is 0 Å². The van der Waals surface area contributed by atoms with E-state index in [0.29, 0.717) is 0 Å². The van der Waals surface area contributed by atoms with Crippen LogP contribution in [0.1, 0.15) is 40.0 Å². The second-order valence-electron chi connectivity index (χ2n) is 3.15. The van der Waals surface area contributed by atoms with Crippen molar-refractivity contribution in [3.8, 4) is 0 Å². The van der Waals surface area contributed by atoms with E-state index in [4.69, 9.17) is 0 Å². The lowest BCUT2D eigenvalue weighted by molar-refractivity contribution is 0.788. The Bertz CT molecular complexity index is 121. The Hall–Kier alpha value is 0.0900. The Labute approximate surface area is 75.5 Å². The molecule has 0 fully saturated rings. The first kappa shape index (κ1) is 11.1. The van der Waals surface area contributed by atoms with Crippen LogP contribution in [0.3, 0.4) is 0 Å². The van der Waals surface area contributed by atoms with Crippen LogP contribution in [0.5, 0.6) is 0 Å². The lowest BCUT2D eigenvalue weighted by Gasteiger charge is -2.02. The highest BCUT2D eigenvalue weighted by Crippen LogP contribution is 2.12. The van der Waals surface area contributed by atoms with E-state index < -0.39 is 0 Å². The third-order valence-corrected chi connectivity index (χ3v) is 2.52. The molecule has 0 nitrogen and oxygen atoms in total. The summed E-state index contributed by atoms with van der Waals surface area (Å²) in [5, 5.41) is 0. The van der Waals surface area contributed by atoms with Crippen LogP contribution >= 0.6 is 11.8 Å². The maximum absolute atomic E-state index is 3.74. The highest BCUT2D eigenvalue weighted by atomic mass is 32.2. The first-order valence-electron chi connectivity index (χ1n) is 4.18. The summed E-state index contributed by atoms with van der Waals surface area (Å²) in [4.78, 5) is 0. The molecule has 0 aromatic carbocycles. The Morgan fingerprint density at radius 2 is 1.82 bits per heavy atom. The molecule has 0 aromatic rings. The van der Waals surface area contributed by atoms with Gasteiger partial charge in [-0.2, -0.15) is 11.8 Å². The minimum Gasteiger partial charge on any atom is -0.161 e. The van der Waals surface area contributed by atoms with Crippen molar-refractivity contribution in [2.24, 2.45) is 0 Å². The van der Waals surface area contributed by atoms with Gasteiger partial charge in [-0.1, -0.05) is 11.1 Å². The zero-order chi connectivity index (χ0) is 8.69. The number of rotatable bonds is 5. The van der Waals surface area contributed by atoms with Gasteiger partial charge in [0.05, 0.1) is 0 Å². The van der Waals surface area contributed by atoms with E-state index in [1.54, 1.807) is 17.3 Å². The summed E-state index contributed by atoms with van der Waals surface area (Å²) in [6.45, 7) is 6.60. The molecule has 65 valence electrons. The summed E-state index contributed by atoms with van der Waals surface area (Å²) in [5.41, 5.74) is 3.03. The summed E-state index contributed by atoms with van der Waals surface area (Å²) in [6.07, 6.45) is 7.63. The number of hydrogen-bond donors (Lipinski definition) is 0. The van der Waals surface area contributed by atoms with Gasteiger partial charge < -0.3 is 0 Å². The molecule has 0 rings (SSSR count). The van der Waals surface area contributed by atoms with Crippen molar-refractivity contribution in [2.45, 2.75) is 40.0 Å². The Morgan fingerprint density at radius 1 is 1.18 bits per heavy atom. The summed E-state index contributed by atoms with van der Waals surface area (Å²) in [6, 6.07) is 0. The fraction of sp³-hybridized carbons (Fsp3) is 0.700. The molecule has 0 aliphatic carbocycles. The van der Waals surface area contributed by atoms with Gasteiger partial charge in [-0.3, -0.25) is 0 Å². The monoisotopic (exact) mass is 171 g/mol. The molecule has 0 aliphatic rings. The van der Waals surface area contributed by atoms with Gasteiger partial charge in [0.15, 0.2) is 0 Å². The molecule has 1 radical (unpaired) electrons. The van der Waals surface area contributed by atoms with Gasteiger partial charge >= 0.3 is 0 Å². The van der Waals surface area contributed by atoms with Gasteiger partial charge in [0.25, 0.3) is 0 Å². The predicted molar refractivity (Wildman–Crippen MR) is 55.7 cm³/mol. The van der Waals surface area contributed by atoms with E-state index in [1.807, 2.05) is 0 Å². The number of thioether (sulfide) groups is 1. The van der Waals surface area contributed by atoms with Crippen LogP contribution in [0, 0.1) is 6.26 Å². The summed E-state index contributed by atoms with van der Waals surface area (Å²) in [5.74, 6) is 1.20. The van der Waals surface area contributed by atoms with Crippen LogP contribution in [0.2, 0.25) is 0 Å². The second-order valence-corrected chi connectivity index (χ2v) is 3.96. The average Bonchev–Trinajstić information content (AvgIpc) is 1.97. The van der Waals surface area contributed by atoms with E-state index in [2.05, 4.69) is 27.0 Å². The minimum absolute atomic E-state index is 1.20. The molecule has 0 atom stereocenters. The Kier molecular flexibility index (Phi) is 6.83. The zero-order valence-corrected chi connectivity index (χ0v) is 8.76. The molecule has 0 spiro atoms. The molecule has 0 amide bonds. The molecule has 11 heavy (non-hydrogen) atoms. The number of allylic oxidation sites excluding steroid dienone is 2. The Morgan fingerprint density at radius 3 is 2.27 bits per heavy atom. The summed E-state index contributed by atoms with van der Waals surface area (Å²) in [7, 11) is 0. The van der Waals surface area contributed by atoms with Gasteiger partial charge in [0.2, 0.25) is 0 Å². The van der Waals surface area contributed by atoms with Crippen molar-refractivity contribution in [2.75, 3.05) is 5.75 Å². The van der Waals surface area contributed by atoms with Crippen molar-refractivity contribution in [1.29, 1.82) is 0 Å². The van der Waals surface area contributed by atoms with Crippen molar-refractivity contribution >= 4 is 11.8 Å². The van der Waals surface area contributed by atoms with E-state index in [9.17, 15) is 0 Å². The van der Waals surface area contributed by atoms with E-state index in [1.165, 1.54) is 30.6 Å². The molecule has 0 bridgehead atoms. The maximum atomic E-state index is 3.74. The fourth-order valence-electron chi connectivity index (χ4n) is 0.844. The van der Waals surface area contributed by atoms with Crippen LogP contribution in [-0.2, 0) is 0 Å². The number of hydrogen-bond acceptors (Lipinski definition) is 1. The zero-order valence-electron chi connectivity index (χ0n) is 7.94. The quantitative estimate of drug-likeness (QED) is 0.444. The van der Waals surface area contributed by atoms with Crippen molar-refractivity contribution in [1.82, 2.24) is 0 Å². The molecular weight excluding hydrogens is 152 g/mol. The third-order valence-electron chi connectivity index (χ3n) is 1.94. The van der Waals surface area contributed by atoms with Crippen molar-refractivity contribution in [3.63, 3.8) is 0 Å². The third kappa shape index (κ3) is 6.49. The standard InChI is InChI=1S/C10H19S/c1-9(2)10(3)7-5-6-8-11-4/h4-8H2,1-3H3. The van der Waals surface area contributed by atoms with Gasteiger partial charge in [-0.25, -0.2) is 0 Å². The van der Waals surface area contributed by atoms with E-state index in [-0.39, 0.29) is 0 Å². The van der Waals surface area contributed by atoms with Crippen LogP contribution in [0.25, 0.3) is 0 Å². The van der Waals surface area contributed by atoms with E-state index >= 15 is 0 Å². The van der Waals surface area contributed by atoms with E-state index in [0.717, 1.165) is 0 Å². The molecule has 0 aromatic heterocycles. The largest absolute Gasteiger partial charge is 0.161 e. The molecule has 0 N–H and O–H groups in total.